The van der Waals surface area contributed by atoms with Crippen molar-refractivity contribution < 1.29 is 14.3 Å². The molecule has 3 atom stereocenters. The van der Waals surface area contributed by atoms with Crippen molar-refractivity contribution in [3.63, 3.8) is 0 Å². The molecule has 0 aliphatic carbocycles. The van der Waals surface area contributed by atoms with Crippen molar-refractivity contribution >= 4 is 17.5 Å². The molecule has 0 spiro atoms. The van der Waals surface area contributed by atoms with Crippen molar-refractivity contribution in [2.75, 3.05) is 6.61 Å². The highest BCUT2D eigenvalue weighted by Gasteiger charge is 2.26. The molecule has 1 saturated heterocycles. The van der Waals surface area contributed by atoms with E-state index in [1.54, 1.807) is 19.1 Å². The Morgan fingerprint density at radius 2 is 2.24 bits per heavy atom. The number of carbonyl (C=O) groups is 1. The third kappa shape index (κ3) is 4.35. The first-order valence-electron chi connectivity index (χ1n) is 7.32. The van der Waals surface area contributed by atoms with E-state index in [4.69, 9.17) is 21.1 Å². The van der Waals surface area contributed by atoms with Crippen LogP contribution in [0.3, 0.4) is 0 Å². The Kier molecular flexibility index (Phi) is 5.48. The minimum absolute atomic E-state index is 0.00244. The average Bonchev–Trinajstić information content (AvgIpc) is 2.95. The van der Waals surface area contributed by atoms with Crippen LogP contribution in [0.25, 0.3) is 0 Å². The normalized spacial score (nSPS) is 20.9. The largest absolute Gasteiger partial charge is 0.481 e. The zero-order valence-electron chi connectivity index (χ0n) is 12.7. The highest BCUT2D eigenvalue weighted by atomic mass is 35.5. The molecule has 2 rings (SSSR count). The van der Waals surface area contributed by atoms with Gasteiger partial charge in [-0.05, 0) is 57.4 Å². The van der Waals surface area contributed by atoms with Crippen LogP contribution in [0.2, 0.25) is 5.02 Å². The van der Waals surface area contributed by atoms with Crippen molar-refractivity contribution in [1.29, 1.82) is 0 Å². The van der Waals surface area contributed by atoms with E-state index >= 15 is 0 Å². The van der Waals surface area contributed by atoms with Crippen molar-refractivity contribution in [3.05, 3.63) is 28.8 Å². The Bertz CT molecular complexity index is 500. The van der Waals surface area contributed by atoms with Gasteiger partial charge in [-0.3, -0.25) is 4.79 Å². The maximum Gasteiger partial charge on any atom is 0.261 e. The van der Waals surface area contributed by atoms with E-state index in [0.717, 1.165) is 25.0 Å². The maximum atomic E-state index is 12.2. The second kappa shape index (κ2) is 7.14. The van der Waals surface area contributed by atoms with Crippen LogP contribution in [0, 0.1) is 6.92 Å². The molecule has 0 bridgehead atoms. The molecular formula is C16H22ClNO3. The van der Waals surface area contributed by atoms with Gasteiger partial charge in [0.05, 0.1) is 12.1 Å². The molecule has 21 heavy (non-hydrogen) atoms. The van der Waals surface area contributed by atoms with E-state index in [1.165, 1.54) is 0 Å². The van der Waals surface area contributed by atoms with Crippen molar-refractivity contribution in [3.8, 4) is 5.75 Å². The molecule has 4 nitrogen and oxygen atoms in total. The molecule has 0 radical (unpaired) electrons. The molecule has 1 amide bonds. The van der Waals surface area contributed by atoms with Crippen LogP contribution in [0.1, 0.15) is 32.3 Å². The molecule has 1 aromatic carbocycles. The van der Waals surface area contributed by atoms with Gasteiger partial charge in [0.25, 0.3) is 5.91 Å². The van der Waals surface area contributed by atoms with Gasteiger partial charge in [0.2, 0.25) is 0 Å². The molecule has 116 valence electrons. The van der Waals surface area contributed by atoms with Crippen LogP contribution in [-0.2, 0) is 9.53 Å². The van der Waals surface area contributed by atoms with Gasteiger partial charge < -0.3 is 14.8 Å². The fourth-order valence-electron chi connectivity index (χ4n) is 2.42. The van der Waals surface area contributed by atoms with Gasteiger partial charge in [0.1, 0.15) is 5.75 Å². The molecular weight excluding hydrogens is 290 g/mol. The number of halogens is 1. The van der Waals surface area contributed by atoms with Crippen LogP contribution in [0.4, 0.5) is 0 Å². The standard InChI is InChI=1S/C16H22ClNO3/c1-10-9-13(17)6-7-14(10)21-12(3)16(19)18-11(2)15-5-4-8-20-15/h6-7,9,11-12,15H,4-5,8H2,1-3H3,(H,18,19)/t11-,12-,15-/m1/s1. The van der Waals surface area contributed by atoms with Crippen LogP contribution in [0.5, 0.6) is 5.75 Å². The van der Waals surface area contributed by atoms with Crippen LogP contribution >= 0.6 is 11.6 Å². The minimum Gasteiger partial charge on any atom is -0.481 e. The van der Waals surface area contributed by atoms with Gasteiger partial charge in [-0.25, -0.2) is 0 Å². The molecule has 0 saturated carbocycles. The molecule has 1 aromatic rings. The summed E-state index contributed by atoms with van der Waals surface area (Å²) in [6.07, 6.45) is 1.60. The molecule has 1 fully saturated rings. The monoisotopic (exact) mass is 311 g/mol. The predicted molar refractivity (Wildman–Crippen MR) is 82.9 cm³/mol. The van der Waals surface area contributed by atoms with Gasteiger partial charge in [0, 0.05) is 11.6 Å². The lowest BCUT2D eigenvalue weighted by Crippen LogP contribution is -2.46. The predicted octanol–water partition coefficient (Wildman–Crippen LogP) is 3.10. The van der Waals surface area contributed by atoms with Crippen molar-refractivity contribution in [2.24, 2.45) is 0 Å². The molecule has 0 aromatic heterocycles. The van der Waals surface area contributed by atoms with E-state index in [1.807, 2.05) is 19.9 Å². The number of aryl methyl sites for hydroxylation is 1. The molecule has 0 unspecified atom stereocenters. The molecule has 1 heterocycles. The third-order valence-electron chi connectivity index (χ3n) is 3.70. The van der Waals surface area contributed by atoms with Crippen molar-refractivity contribution in [2.45, 2.75) is 51.9 Å². The summed E-state index contributed by atoms with van der Waals surface area (Å²) in [5.41, 5.74) is 0.911. The fourth-order valence-corrected chi connectivity index (χ4v) is 2.65. The third-order valence-corrected chi connectivity index (χ3v) is 3.94. The second-order valence-electron chi connectivity index (χ2n) is 5.52. The number of hydrogen-bond acceptors (Lipinski definition) is 3. The first kappa shape index (κ1) is 16.1. The van der Waals surface area contributed by atoms with E-state index in [-0.39, 0.29) is 18.1 Å². The number of hydrogen-bond donors (Lipinski definition) is 1. The lowest BCUT2D eigenvalue weighted by atomic mass is 10.1. The number of carbonyl (C=O) groups excluding carboxylic acids is 1. The number of nitrogens with one attached hydrogen (secondary N) is 1. The number of benzene rings is 1. The fraction of sp³-hybridized carbons (Fsp3) is 0.562. The highest BCUT2D eigenvalue weighted by molar-refractivity contribution is 6.30. The Hall–Kier alpha value is -1.26. The van der Waals surface area contributed by atoms with E-state index in [9.17, 15) is 4.79 Å². The Balaban J connectivity index is 1.89. The number of rotatable bonds is 5. The minimum atomic E-state index is -0.561. The lowest BCUT2D eigenvalue weighted by Gasteiger charge is -2.23. The summed E-state index contributed by atoms with van der Waals surface area (Å²) in [7, 11) is 0. The summed E-state index contributed by atoms with van der Waals surface area (Å²) in [6.45, 7) is 6.39. The average molecular weight is 312 g/mol. The quantitative estimate of drug-likeness (QED) is 0.909. The first-order valence-corrected chi connectivity index (χ1v) is 7.70. The summed E-state index contributed by atoms with van der Waals surface area (Å²) in [5.74, 6) is 0.541. The molecule has 1 N–H and O–H groups in total. The van der Waals surface area contributed by atoms with Gasteiger partial charge in [0.15, 0.2) is 6.10 Å². The van der Waals surface area contributed by atoms with Gasteiger partial charge >= 0.3 is 0 Å². The highest BCUT2D eigenvalue weighted by Crippen LogP contribution is 2.23. The molecule has 1 aliphatic rings. The van der Waals surface area contributed by atoms with Crippen LogP contribution in [0.15, 0.2) is 18.2 Å². The zero-order chi connectivity index (χ0) is 15.4. The van der Waals surface area contributed by atoms with Crippen molar-refractivity contribution in [1.82, 2.24) is 5.32 Å². The second-order valence-corrected chi connectivity index (χ2v) is 5.96. The lowest BCUT2D eigenvalue weighted by molar-refractivity contribution is -0.128. The Morgan fingerprint density at radius 1 is 1.48 bits per heavy atom. The van der Waals surface area contributed by atoms with Gasteiger partial charge in [-0.1, -0.05) is 11.6 Å². The Morgan fingerprint density at radius 3 is 2.86 bits per heavy atom. The summed E-state index contributed by atoms with van der Waals surface area (Å²) >= 11 is 5.91. The zero-order valence-corrected chi connectivity index (χ0v) is 13.4. The van der Waals surface area contributed by atoms with Gasteiger partial charge in [-0.15, -0.1) is 0 Å². The van der Waals surface area contributed by atoms with Crippen LogP contribution in [-0.4, -0.2) is 30.8 Å². The molecule has 5 heteroatoms. The summed E-state index contributed by atoms with van der Waals surface area (Å²) in [6, 6.07) is 5.35. The number of ether oxygens (including phenoxy) is 2. The van der Waals surface area contributed by atoms with Gasteiger partial charge in [-0.2, -0.15) is 0 Å². The topological polar surface area (TPSA) is 47.6 Å². The maximum absolute atomic E-state index is 12.2. The summed E-state index contributed by atoms with van der Waals surface area (Å²) in [5, 5.41) is 3.61. The molecule has 1 aliphatic heterocycles. The van der Waals surface area contributed by atoms with E-state index in [0.29, 0.717) is 10.8 Å². The smallest absolute Gasteiger partial charge is 0.261 e. The van der Waals surface area contributed by atoms with E-state index < -0.39 is 6.10 Å². The summed E-state index contributed by atoms with van der Waals surface area (Å²) in [4.78, 5) is 12.2. The SMILES string of the molecule is Cc1cc(Cl)ccc1O[C@H](C)C(=O)N[C@H](C)[C@H]1CCCO1. The first-order chi connectivity index (χ1) is 9.97. The number of amides is 1. The Labute approximate surface area is 130 Å². The van der Waals surface area contributed by atoms with Crippen LogP contribution < -0.4 is 10.1 Å². The summed E-state index contributed by atoms with van der Waals surface area (Å²) < 4.78 is 11.3. The van der Waals surface area contributed by atoms with E-state index in [2.05, 4.69) is 5.32 Å².